The number of ether oxygens (including phenoxy) is 1. The minimum atomic E-state index is -4.59. The summed E-state index contributed by atoms with van der Waals surface area (Å²) in [7, 11) is 2.51. The highest BCUT2D eigenvalue weighted by Gasteiger charge is 2.37. The minimum absolute atomic E-state index is 0.0748. The van der Waals surface area contributed by atoms with Gasteiger partial charge in [-0.15, -0.1) is 10.2 Å². The molecule has 2 heterocycles. The second kappa shape index (κ2) is 7.18. The van der Waals surface area contributed by atoms with Gasteiger partial charge in [0.1, 0.15) is 0 Å². The normalized spacial score (nSPS) is 11.8. The summed E-state index contributed by atoms with van der Waals surface area (Å²) in [5, 5.41) is 7.67. The number of rotatable bonds is 4. The molecule has 0 unspecified atom stereocenters. The Balaban J connectivity index is 2.00. The van der Waals surface area contributed by atoms with Crippen molar-refractivity contribution in [2.75, 3.05) is 7.11 Å². The molecule has 0 radical (unpaired) electrons. The van der Waals surface area contributed by atoms with E-state index in [2.05, 4.69) is 15.2 Å². The monoisotopic (exact) mass is 396 g/mol. The summed E-state index contributed by atoms with van der Waals surface area (Å²) >= 11 is 1.02. The Morgan fingerprint density at radius 2 is 1.96 bits per heavy atom. The molecule has 0 atom stereocenters. The van der Waals surface area contributed by atoms with E-state index in [9.17, 15) is 18.0 Å². The molecule has 0 fully saturated rings. The number of hydrogen-bond donors (Lipinski definition) is 0. The predicted octanol–water partition coefficient (Wildman–Crippen LogP) is 3.77. The fourth-order valence-corrected chi connectivity index (χ4v) is 3.59. The lowest BCUT2D eigenvalue weighted by atomic mass is 10.0. The average molecular weight is 396 g/mol. The van der Waals surface area contributed by atoms with Gasteiger partial charge < -0.3 is 9.30 Å². The topological polar surface area (TPSA) is 69.9 Å². The molecule has 3 aromatic rings. The van der Waals surface area contributed by atoms with Gasteiger partial charge in [-0.05, 0) is 18.6 Å². The molecule has 0 bridgehead atoms. The van der Waals surface area contributed by atoms with Crippen LogP contribution in [0.25, 0.3) is 10.9 Å². The first kappa shape index (κ1) is 19.2. The Morgan fingerprint density at radius 3 is 2.59 bits per heavy atom. The molecule has 0 saturated carbocycles. The van der Waals surface area contributed by atoms with E-state index in [1.54, 1.807) is 6.92 Å². The number of carbonyl (C=O) groups excluding carboxylic acids is 1. The first-order chi connectivity index (χ1) is 12.7. The maximum atomic E-state index is 12.9. The third-order valence-electron chi connectivity index (χ3n) is 4.04. The number of thioether (sulfide) groups is 1. The molecule has 2 aromatic heterocycles. The molecular weight excluding hydrogens is 381 g/mol. The fraction of sp³-hybridized carbons (Fsp3) is 0.294. The van der Waals surface area contributed by atoms with E-state index < -0.39 is 18.0 Å². The Labute approximate surface area is 156 Å². The van der Waals surface area contributed by atoms with Crippen LogP contribution in [0.5, 0.6) is 0 Å². The summed E-state index contributed by atoms with van der Waals surface area (Å²) in [4.78, 5) is 16.8. The highest BCUT2D eigenvalue weighted by atomic mass is 32.2. The summed E-state index contributed by atoms with van der Waals surface area (Å²) in [5.74, 6) is -1.49. The van der Waals surface area contributed by atoms with E-state index in [0.29, 0.717) is 22.3 Å². The van der Waals surface area contributed by atoms with Gasteiger partial charge in [-0.3, -0.25) is 4.98 Å². The van der Waals surface area contributed by atoms with Crippen LogP contribution in [-0.2, 0) is 23.7 Å². The number of nitrogens with zero attached hydrogens (tertiary/aromatic N) is 4. The number of hydrogen-bond acceptors (Lipinski definition) is 6. The Morgan fingerprint density at radius 1 is 1.26 bits per heavy atom. The standard InChI is InChI=1S/C17H15F3N4O2S/c1-9-10-6-4-5-7-11(10)21-12(13(9)14(25)26-3)8-27-16-23-22-15(24(16)2)17(18,19)20/h4-7H,8H2,1-3H3. The number of pyridine rings is 1. The quantitative estimate of drug-likeness (QED) is 0.494. The summed E-state index contributed by atoms with van der Waals surface area (Å²) in [6.07, 6.45) is -4.59. The van der Waals surface area contributed by atoms with Gasteiger partial charge >= 0.3 is 12.1 Å². The molecular formula is C17H15F3N4O2S. The number of aromatic nitrogens is 4. The van der Waals surface area contributed by atoms with Crippen molar-refractivity contribution < 1.29 is 22.7 Å². The number of methoxy groups -OCH3 is 1. The molecule has 0 aliphatic rings. The van der Waals surface area contributed by atoms with Gasteiger partial charge in [-0.25, -0.2) is 4.79 Å². The van der Waals surface area contributed by atoms with Crippen molar-refractivity contribution in [1.29, 1.82) is 0 Å². The van der Waals surface area contributed by atoms with Gasteiger partial charge in [-0.2, -0.15) is 13.2 Å². The van der Waals surface area contributed by atoms with Gasteiger partial charge in [0.25, 0.3) is 0 Å². The number of alkyl halides is 3. The lowest BCUT2D eigenvalue weighted by Gasteiger charge is -2.13. The van der Waals surface area contributed by atoms with Crippen molar-refractivity contribution >= 4 is 28.6 Å². The average Bonchev–Trinajstić information content (AvgIpc) is 3.00. The molecule has 0 amide bonds. The van der Waals surface area contributed by atoms with E-state index >= 15 is 0 Å². The fourth-order valence-electron chi connectivity index (χ4n) is 2.74. The number of esters is 1. The van der Waals surface area contributed by atoms with E-state index in [-0.39, 0.29) is 10.9 Å². The van der Waals surface area contributed by atoms with Crippen LogP contribution in [0, 0.1) is 6.92 Å². The highest BCUT2D eigenvalue weighted by Crippen LogP contribution is 2.32. The van der Waals surface area contributed by atoms with Crippen molar-refractivity contribution in [1.82, 2.24) is 19.7 Å². The lowest BCUT2D eigenvalue weighted by molar-refractivity contribution is -0.147. The van der Waals surface area contributed by atoms with E-state index in [1.165, 1.54) is 14.2 Å². The Bertz CT molecular complexity index is 1020. The smallest absolute Gasteiger partial charge is 0.451 e. The Kier molecular flexibility index (Phi) is 5.09. The SMILES string of the molecule is COC(=O)c1c(CSc2nnc(C(F)(F)F)n2C)nc2ccccc2c1C. The summed E-state index contributed by atoms with van der Waals surface area (Å²) in [6, 6.07) is 7.31. The largest absolute Gasteiger partial charge is 0.465 e. The van der Waals surface area contributed by atoms with Crippen LogP contribution in [0.15, 0.2) is 29.4 Å². The van der Waals surface area contributed by atoms with Crippen LogP contribution >= 0.6 is 11.8 Å². The molecule has 0 aliphatic carbocycles. The van der Waals surface area contributed by atoms with Crippen LogP contribution in [-0.4, -0.2) is 32.8 Å². The van der Waals surface area contributed by atoms with Crippen LogP contribution in [0.2, 0.25) is 0 Å². The maximum absolute atomic E-state index is 12.9. The number of fused-ring (bicyclic) bond motifs is 1. The summed E-state index contributed by atoms with van der Waals surface area (Å²) in [5.41, 5.74) is 2.12. The van der Waals surface area contributed by atoms with Crippen LogP contribution in [0.4, 0.5) is 13.2 Å². The van der Waals surface area contributed by atoms with Crippen molar-refractivity contribution in [2.45, 2.75) is 24.0 Å². The second-order valence-corrected chi connectivity index (χ2v) is 6.66. The zero-order valence-electron chi connectivity index (χ0n) is 14.7. The van der Waals surface area contributed by atoms with Crippen molar-refractivity contribution in [3.05, 3.63) is 46.9 Å². The number of carbonyl (C=O) groups is 1. The molecule has 0 aliphatic heterocycles. The zero-order chi connectivity index (χ0) is 19.8. The van der Waals surface area contributed by atoms with Gasteiger partial charge in [-0.1, -0.05) is 30.0 Å². The second-order valence-electron chi connectivity index (χ2n) is 5.72. The number of halogens is 3. The molecule has 10 heteroatoms. The maximum Gasteiger partial charge on any atom is 0.451 e. The predicted molar refractivity (Wildman–Crippen MR) is 93.4 cm³/mol. The molecule has 27 heavy (non-hydrogen) atoms. The lowest BCUT2D eigenvalue weighted by Crippen LogP contribution is -2.13. The first-order valence-corrected chi connectivity index (χ1v) is 8.78. The van der Waals surface area contributed by atoms with E-state index in [4.69, 9.17) is 4.74 Å². The summed E-state index contributed by atoms with van der Waals surface area (Å²) in [6.45, 7) is 1.79. The molecule has 3 rings (SSSR count). The third-order valence-corrected chi connectivity index (χ3v) is 5.07. The van der Waals surface area contributed by atoms with Crippen molar-refractivity contribution in [3.8, 4) is 0 Å². The Hall–Kier alpha value is -2.62. The molecule has 1 aromatic carbocycles. The molecule has 0 saturated heterocycles. The zero-order valence-corrected chi connectivity index (χ0v) is 15.5. The van der Waals surface area contributed by atoms with Gasteiger partial charge in [0.2, 0.25) is 5.82 Å². The van der Waals surface area contributed by atoms with E-state index in [1.807, 2.05) is 24.3 Å². The number of para-hydroxylation sites is 1. The number of aryl methyl sites for hydroxylation is 1. The molecule has 142 valence electrons. The van der Waals surface area contributed by atoms with Gasteiger partial charge in [0, 0.05) is 18.2 Å². The molecule has 0 spiro atoms. The highest BCUT2D eigenvalue weighted by molar-refractivity contribution is 7.98. The minimum Gasteiger partial charge on any atom is -0.465 e. The molecule has 6 nitrogen and oxygen atoms in total. The third kappa shape index (κ3) is 3.61. The van der Waals surface area contributed by atoms with Gasteiger partial charge in [0.15, 0.2) is 5.16 Å². The number of benzene rings is 1. The first-order valence-electron chi connectivity index (χ1n) is 7.80. The van der Waals surface area contributed by atoms with Crippen LogP contribution in [0.1, 0.15) is 27.4 Å². The van der Waals surface area contributed by atoms with Crippen LogP contribution in [0.3, 0.4) is 0 Å². The summed E-state index contributed by atoms with van der Waals surface area (Å²) < 4.78 is 44.3. The van der Waals surface area contributed by atoms with Crippen LogP contribution < -0.4 is 0 Å². The van der Waals surface area contributed by atoms with Crippen molar-refractivity contribution in [2.24, 2.45) is 7.05 Å². The van der Waals surface area contributed by atoms with Crippen molar-refractivity contribution in [3.63, 3.8) is 0 Å². The van der Waals surface area contributed by atoms with Gasteiger partial charge in [0.05, 0.1) is 23.9 Å². The molecule has 0 N–H and O–H groups in total. The van der Waals surface area contributed by atoms with E-state index in [0.717, 1.165) is 21.7 Å².